The molecule has 0 saturated carbocycles. The smallest absolute Gasteiger partial charge is 0.251 e. The third-order valence-corrected chi connectivity index (χ3v) is 3.77. The van der Waals surface area contributed by atoms with Gasteiger partial charge in [-0.05, 0) is 47.7 Å². The third-order valence-electron chi connectivity index (χ3n) is 2.19. The topological polar surface area (TPSA) is 58.2 Å². The van der Waals surface area contributed by atoms with Crippen LogP contribution in [0.5, 0.6) is 0 Å². The van der Waals surface area contributed by atoms with Crippen LogP contribution in [0, 0.1) is 3.57 Å². The van der Waals surface area contributed by atoms with Gasteiger partial charge in [-0.1, -0.05) is 11.6 Å². The maximum absolute atomic E-state index is 11.7. The minimum Gasteiger partial charge on any atom is -0.356 e. The van der Waals surface area contributed by atoms with Crippen LogP contribution in [0.3, 0.4) is 0 Å². The molecule has 0 radical (unpaired) electrons. The molecule has 2 N–H and O–H groups in total. The minimum atomic E-state index is -0.224. The van der Waals surface area contributed by atoms with E-state index in [9.17, 15) is 9.59 Å². The zero-order valence-electron chi connectivity index (χ0n) is 9.93. The van der Waals surface area contributed by atoms with Gasteiger partial charge < -0.3 is 10.6 Å². The summed E-state index contributed by atoms with van der Waals surface area (Å²) in [6.45, 7) is 2.76. The van der Waals surface area contributed by atoms with Crippen LogP contribution in [0.1, 0.15) is 23.7 Å². The van der Waals surface area contributed by atoms with Crippen molar-refractivity contribution >= 4 is 46.0 Å². The predicted molar refractivity (Wildman–Crippen MR) is 79.8 cm³/mol. The summed E-state index contributed by atoms with van der Waals surface area (Å²) < 4.78 is 0.896. The summed E-state index contributed by atoms with van der Waals surface area (Å²) in [4.78, 5) is 22.9. The van der Waals surface area contributed by atoms with Crippen molar-refractivity contribution in [3.8, 4) is 0 Å². The highest BCUT2D eigenvalue weighted by atomic mass is 127. The molecule has 0 saturated heterocycles. The van der Waals surface area contributed by atoms with Gasteiger partial charge in [0, 0.05) is 28.6 Å². The van der Waals surface area contributed by atoms with Gasteiger partial charge in [0.25, 0.3) is 5.91 Å². The van der Waals surface area contributed by atoms with Gasteiger partial charge in [-0.3, -0.25) is 9.59 Å². The molecular weight excluding hydrogens is 367 g/mol. The Kier molecular flexibility index (Phi) is 6.42. The fourth-order valence-electron chi connectivity index (χ4n) is 1.31. The van der Waals surface area contributed by atoms with E-state index in [0.717, 1.165) is 3.57 Å². The van der Waals surface area contributed by atoms with Gasteiger partial charge in [-0.25, -0.2) is 0 Å². The van der Waals surface area contributed by atoms with Crippen LogP contribution < -0.4 is 10.6 Å². The monoisotopic (exact) mass is 380 g/mol. The Morgan fingerprint density at radius 1 is 1.33 bits per heavy atom. The fourth-order valence-corrected chi connectivity index (χ4v) is 1.83. The molecule has 0 unspecified atom stereocenters. The molecule has 6 heteroatoms. The number of carbonyl (C=O) groups excluding carboxylic acids is 2. The highest BCUT2D eigenvalue weighted by molar-refractivity contribution is 14.1. The van der Waals surface area contributed by atoms with Crippen molar-refractivity contribution in [3.05, 3.63) is 32.4 Å². The van der Waals surface area contributed by atoms with Crippen LogP contribution in [-0.4, -0.2) is 24.9 Å². The molecule has 0 bridgehead atoms. The lowest BCUT2D eigenvalue weighted by Gasteiger charge is -2.06. The Bertz CT molecular complexity index is 452. The molecule has 0 fully saturated rings. The van der Waals surface area contributed by atoms with E-state index < -0.39 is 0 Å². The van der Waals surface area contributed by atoms with Crippen molar-refractivity contribution in [1.29, 1.82) is 0 Å². The van der Waals surface area contributed by atoms with Gasteiger partial charge >= 0.3 is 0 Å². The molecule has 18 heavy (non-hydrogen) atoms. The Labute approximate surface area is 125 Å². The molecule has 2 amide bonds. The lowest BCUT2D eigenvalue weighted by atomic mass is 10.2. The summed E-state index contributed by atoms with van der Waals surface area (Å²) in [7, 11) is 0. The van der Waals surface area contributed by atoms with Gasteiger partial charge in [0.15, 0.2) is 0 Å². The summed E-state index contributed by atoms with van der Waals surface area (Å²) in [5, 5.41) is 5.89. The first-order valence-corrected chi connectivity index (χ1v) is 7.00. The number of halogens is 2. The van der Waals surface area contributed by atoms with Gasteiger partial charge in [0.05, 0.1) is 5.02 Å². The van der Waals surface area contributed by atoms with E-state index in [4.69, 9.17) is 11.6 Å². The highest BCUT2D eigenvalue weighted by Gasteiger charge is 2.08. The maximum atomic E-state index is 11.7. The average Bonchev–Trinajstić information content (AvgIpc) is 2.33. The van der Waals surface area contributed by atoms with Crippen LogP contribution in [0.25, 0.3) is 0 Å². The summed E-state index contributed by atoms with van der Waals surface area (Å²) in [6, 6.07) is 5.10. The fraction of sp³-hybridized carbons (Fsp3) is 0.333. The first kappa shape index (κ1) is 15.2. The number of benzene rings is 1. The standard InChI is InChI=1S/C12H14ClIN2O2/c1-2-15-11(17)5-6-16-12(18)8-3-4-10(14)9(13)7-8/h3-4,7H,2,5-6H2,1H3,(H,15,17)(H,16,18). The normalized spacial score (nSPS) is 9.94. The van der Waals surface area contributed by atoms with E-state index in [1.807, 2.05) is 6.92 Å². The Balaban J connectivity index is 2.45. The second kappa shape index (κ2) is 7.58. The van der Waals surface area contributed by atoms with Crippen molar-refractivity contribution in [1.82, 2.24) is 10.6 Å². The van der Waals surface area contributed by atoms with Gasteiger partial charge in [0.1, 0.15) is 0 Å². The number of nitrogens with one attached hydrogen (secondary N) is 2. The van der Waals surface area contributed by atoms with Crippen molar-refractivity contribution < 1.29 is 9.59 Å². The largest absolute Gasteiger partial charge is 0.356 e. The van der Waals surface area contributed by atoms with Crippen LogP contribution in [0.2, 0.25) is 5.02 Å². The van der Waals surface area contributed by atoms with Crippen LogP contribution in [0.4, 0.5) is 0 Å². The number of amides is 2. The van der Waals surface area contributed by atoms with Crippen molar-refractivity contribution in [2.45, 2.75) is 13.3 Å². The summed E-state index contributed by atoms with van der Waals surface area (Å²) in [6.07, 6.45) is 0.275. The van der Waals surface area contributed by atoms with E-state index in [0.29, 0.717) is 23.7 Å². The van der Waals surface area contributed by atoms with Crippen LogP contribution in [0.15, 0.2) is 18.2 Å². The zero-order valence-corrected chi connectivity index (χ0v) is 12.8. The van der Waals surface area contributed by atoms with Crippen molar-refractivity contribution in [2.24, 2.45) is 0 Å². The van der Waals surface area contributed by atoms with E-state index in [2.05, 4.69) is 33.2 Å². The van der Waals surface area contributed by atoms with E-state index in [1.54, 1.807) is 18.2 Å². The van der Waals surface area contributed by atoms with E-state index >= 15 is 0 Å². The molecular formula is C12H14ClIN2O2. The van der Waals surface area contributed by atoms with Gasteiger partial charge in [-0.15, -0.1) is 0 Å². The van der Waals surface area contributed by atoms with E-state index in [1.165, 1.54) is 0 Å². The Morgan fingerprint density at radius 2 is 2.06 bits per heavy atom. The molecule has 1 aromatic carbocycles. The molecule has 0 aliphatic carbocycles. The van der Waals surface area contributed by atoms with Crippen LogP contribution in [-0.2, 0) is 4.79 Å². The minimum absolute atomic E-state index is 0.0709. The third kappa shape index (κ3) is 4.81. The first-order chi connectivity index (χ1) is 8.54. The maximum Gasteiger partial charge on any atom is 0.251 e. The molecule has 0 aliphatic rings. The van der Waals surface area contributed by atoms with Crippen molar-refractivity contribution in [2.75, 3.05) is 13.1 Å². The first-order valence-electron chi connectivity index (χ1n) is 5.54. The van der Waals surface area contributed by atoms with E-state index in [-0.39, 0.29) is 18.2 Å². The molecule has 98 valence electrons. The Hall–Kier alpha value is -0.820. The Morgan fingerprint density at radius 3 is 2.67 bits per heavy atom. The lowest BCUT2D eigenvalue weighted by Crippen LogP contribution is -2.30. The highest BCUT2D eigenvalue weighted by Crippen LogP contribution is 2.19. The second-order valence-electron chi connectivity index (χ2n) is 3.59. The molecule has 0 atom stereocenters. The molecule has 0 aromatic heterocycles. The SMILES string of the molecule is CCNC(=O)CCNC(=O)c1ccc(I)c(Cl)c1. The van der Waals surface area contributed by atoms with Gasteiger partial charge in [-0.2, -0.15) is 0 Å². The zero-order chi connectivity index (χ0) is 13.5. The summed E-state index contributed by atoms with van der Waals surface area (Å²) in [5.74, 6) is -0.295. The van der Waals surface area contributed by atoms with Crippen LogP contribution >= 0.6 is 34.2 Å². The summed E-state index contributed by atoms with van der Waals surface area (Å²) in [5.41, 5.74) is 0.497. The second-order valence-corrected chi connectivity index (χ2v) is 5.16. The average molecular weight is 381 g/mol. The number of hydrogen-bond donors (Lipinski definition) is 2. The number of rotatable bonds is 5. The molecule has 4 nitrogen and oxygen atoms in total. The predicted octanol–water partition coefficient (Wildman–Crippen LogP) is 2.20. The molecule has 1 rings (SSSR count). The van der Waals surface area contributed by atoms with Gasteiger partial charge in [0.2, 0.25) is 5.91 Å². The molecule has 1 aromatic rings. The molecule has 0 heterocycles. The number of hydrogen-bond acceptors (Lipinski definition) is 2. The van der Waals surface area contributed by atoms with Crippen molar-refractivity contribution in [3.63, 3.8) is 0 Å². The lowest BCUT2D eigenvalue weighted by molar-refractivity contribution is -0.120. The summed E-state index contributed by atoms with van der Waals surface area (Å²) >= 11 is 8.03. The number of carbonyl (C=O) groups is 2. The quantitative estimate of drug-likeness (QED) is 0.770. The molecule has 0 aliphatic heterocycles. The molecule has 0 spiro atoms.